The number of hydrogen-bond acceptors (Lipinski definition) is 5. The number of carbonyl (C=O) groups excluding carboxylic acids is 2. The molecule has 0 aliphatic carbocycles. The van der Waals surface area contributed by atoms with Crippen molar-refractivity contribution in [3.63, 3.8) is 0 Å². The number of hydrazine groups is 1. The van der Waals surface area contributed by atoms with Crippen molar-refractivity contribution in [3.8, 4) is 0 Å². The summed E-state index contributed by atoms with van der Waals surface area (Å²) in [4.78, 5) is 23.1. The van der Waals surface area contributed by atoms with E-state index in [9.17, 15) is 9.59 Å². The quantitative estimate of drug-likeness (QED) is 0.695. The van der Waals surface area contributed by atoms with Crippen molar-refractivity contribution in [2.75, 3.05) is 13.2 Å². The maximum Gasteiger partial charge on any atom is 0.426 e. The fraction of sp³-hybridized carbons (Fsp3) is 0.833. The highest BCUT2D eigenvalue weighted by atomic mass is 16.7. The molecule has 110 valence electrons. The van der Waals surface area contributed by atoms with Crippen LogP contribution in [0.3, 0.4) is 0 Å². The first-order valence-corrected chi connectivity index (χ1v) is 6.16. The van der Waals surface area contributed by atoms with Crippen molar-refractivity contribution in [1.82, 2.24) is 10.9 Å². The van der Waals surface area contributed by atoms with E-state index in [4.69, 9.17) is 14.2 Å². The first kappa shape index (κ1) is 15.7. The second-order valence-electron chi connectivity index (χ2n) is 5.83. The van der Waals surface area contributed by atoms with Crippen LogP contribution in [0.2, 0.25) is 0 Å². The van der Waals surface area contributed by atoms with Gasteiger partial charge in [0.2, 0.25) is 5.91 Å². The summed E-state index contributed by atoms with van der Waals surface area (Å²) >= 11 is 0. The van der Waals surface area contributed by atoms with Gasteiger partial charge >= 0.3 is 6.09 Å². The Hall–Kier alpha value is -1.34. The Labute approximate surface area is 112 Å². The Balaban J connectivity index is 2.31. The molecule has 0 aromatic carbocycles. The van der Waals surface area contributed by atoms with Gasteiger partial charge in [-0.15, -0.1) is 0 Å². The van der Waals surface area contributed by atoms with Crippen molar-refractivity contribution in [1.29, 1.82) is 0 Å². The highest BCUT2D eigenvalue weighted by Crippen LogP contribution is 2.20. The van der Waals surface area contributed by atoms with Crippen LogP contribution in [-0.2, 0) is 19.0 Å². The normalized spacial score (nSPS) is 19.6. The lowest BCUT2D eigenvalue weighted by Crippen LogP contribution is -2.51. The second-order valence-corrected chi connectivity index (χ2v) is 5.83. The molecule has 1 fully saturated rings. The summed E-state index contributed by atoms with van der Waals surface area (Å²) in [5.41, 5.74) is 3.85. The van der Waals surface area contributed by atoms with Gasteiger partial charge in [-0.25, -0.2) is 10.2 Å². The van der Waals surface area contributed by atoms with E-state index in [1.54, 1.807) is 34.6 Å². The van der Waals surface area contributed by atoms with Crippen molar-refractivity contribution >= 4 is 12.0 Å². The maximum atomic E-state index is 11.7. The fourth-order valence-electron chi connectivity index (χ4n) is 1.36. The summed E-state index contributed by atoms with van der Waals surface area (Å²) in [5, 5.41) is 0. The molecule has 0 radical (unpaired) electrons. The molecule has 0 aromatic rings. The van der Waals surface area contributed by atoms with Crippen LogP contribution in [0.4, 0.5) is 4.79 Å². The highest BCUT2D eigenvalue weighted by Gasteiger charge is 2.32. The van der Waals surface area contributed by atoms with E-state index in [1.807, 2.05) is 0 Å². The summed E-state index contributed by atoms with van der Waals surface area (Å²) in [5.74, 6) is -1.50. The average Bonchev–Trinajstić information content (AvgIpc) is 2.23. The van der Waals surface area contributed by atoms with Gasteiger partial charge in [0, 0.05) is 0 Å². The van der Waals surface area contributed by atoms with E-state index in [2.05, 4.69) is 10.9 Å². The molecule has 0 aromatic heterocycles. The van der Waals surface area contributed by atoms with Gasteiger partial charge in [-0.05, 0) is 34.6 Å². The zero-order valence-electron chi connectivity index (χ0n) is 12.0. The van der Waals surface area contributed by atoms with Crippen molar-refractivity contribution in [2.24, 2.45) is 5.92 Å². The zero-order valence-corrected chi connectivity index (χ0v) is 12.0. The third-order valence-corrected chi connectivity index (χ3v) is 2.32. The fourth-order valence-corrected chi connectivity index (χ4v) is 1.36. The van der Waals surface area contributed by atoms with Crippen LogP contribution in [0, 0.1) is 5.92 Å². The molecular weight excluding hydrogens is 252 g/mol. The van der Waals surface area contributed by atoms with Gasteiger partial charge < -0.3 is 14.2 Å². The van der Waals surface area contributed by atoms with Gasteiger partial charge in [-0.1, -0.05) is 0 Å². The second kappa shape index (κ2) is 5.75. The lowest BCUT2D eigenvalue weighted by atomic mass is 10.1. The van der Waals surface area contributed by atoms with Crippen LogP contribution in [0.5, 0.6) is 0 Å². The predicted molar refractivity (Wildman–Crippen MR) is 67.0 cm³/mol. The monoisotopic (exact) mass is 274 g/mol. The number of amides is 2. The Bertz CT molecular complexity index is 339. The number of rotatable bonds is 1. The van der Waals surface area contributed by atoms with Crippen LogP contribution in [0.25, 0.3) is 0 Å². The summed E-state index contributed by atoms with van der Waals surface area (Å²) in [6.45, 7) is 9.25. The number of carbonyl (C=O) groups is 2. The molecule has 7 nitrogen and oxygen atoms in total. The molecule has 7 heteroatoms. The third kappa shape index (κ3) is 5.89. The molecule has 1 heterocycles. The summed E-state index contributed by atoms with van der Waals surface area (Å²) in [6.07, 6.45) is -0.709. The number of nitrogens with one attached hydrogen (secondary N) is 2. The molecule has 2 N–H and O–H groups in total. The van der Waals surface area contributed by atoms with Gasteiger partial charge in [0.25, 0.3) is 0 Å². The Morgan fingerprint density at radius 2 is 1.68 bits per heavy atom. The SMILES string of the molecule is CC(C)(C)OC(=O)NNC(=O)C1COC(C)(C)OC1. The van der Waals surface area contributed by atoms with Gasteiger partial charge in [-0.2, -0.15) is 0 Å². The van der Waals surface area contributed by atoms with Gasteiger partial charge in [0.15, 0.2) is 5.79 Å². The van der Waals surface area contributed by atoms with E-state index >= 15 is 0 Å². The summed E-state index contributed by atoms with van der Waals surface area (Å²) in [7, 11) is 0. The van der Waals surface area contributed by atoms with E-state index in [-0.39, 0.29) is 19.1 Å². The van der Waals surface area contributed by atoms with E-state index in [1.165, 1.54) is 0 Å². The molecular formula is C12H22N2O5. The number of hydrogen-bond donors (Lipinski definition) is 2. The van der Waals surface area contributed by atoms with Crippen molar-refractivity contribution < 1.29 is 23.8 Å². The number of ether oxygens (including phenoxy) is 3. The third-order valence-electron chi connectivity index (χ3n) is 2.32. The van der Waals surface area contributed by atoms with Gasteiger partial charge in [0.1, 0.15) is 5.60 Å². The largest absolute Gasteiger partial charge is 0.443 e. The minimum atomic E-state index is -0.709. The van der Waals surface area contributed by atoms with Crippen LogP contribution < -0.4 is 10.9 Å². The Morgan fingerprint density at radius 3 is 2.16 bits per heavy atom. The smallest absolute Gasteiger partial charge is 0.426 e. The first-order chi connectivity index (χ1) is 8.59. The lowest BCUT2D eigenvalue weighted by molar-refractivity contribution is -0.259. The lowest BCUT2D eigenvalue weighted by Gasteiger charge is -2.34. The zero-order chi connectivity index (χ0) is 14.7. The topological polar surface area (TPSA) is 85.9 Å². The van der Waals surface area contributed by atoms with Crippen LogP contribution >= 0.6 is 0 Å². The van der Waals surface area contributed by atoms with E-state index in [0.717, 1.165) is 0 Å². The first-order valence-electron chi connectivity index (χ1n) is 6.16. The van der Waals surface area contributed by atoms with E-state index in [0.29, 0.717) is 0 Å². The average molecular weight is 274 g/mol. The minimum Gasteiger partial charge on any atom is -0.443 e. The minimum absolute atomic E-state index is 0.245. The molecule has 0 bridgehead atoms. The summed E-state index contributed by atoms with van der Waals surface area (Å²) in [6, 6.07) is 0. The molecule has 1 saturated heterocycles. The maximum absolute atomic E-state index is 11.7. The molecule has 1 rings (SSSR count). The molecule has 0 saturated carbocycles. The predicted octanol–water partition coefficient (Wildman–Crippen LogP) is 0.941. The highest BCUT2D eigenvalue weighted by molar-refractivity contribution is 5.81. The molecule has 19 heavy (non-hydrogen) atoms. The van der Waals surface area contributed by atoms with E-state index < -0.39 is 23.4 Å². The Kier molecular flexibility index (Phi) is 4.75. The van der Waals surface area contributed by atoms with Crippen molar-refractivity contribution in [3.05, 3.63) is 0 Å². The van der Waals surface area contributed by atoms with Crippen LogP contribution in [0.15, 0.2) is 0 Å². The van der Waals surface area contributed by atoms with Gasteiger partial charge in [-0.3, -0.25) is 10.2 Å². The summed E-state index contributed by atoms with van der Waals surface area (Å²) < 4.78 is 15.7. The van der Waals surface area contributed by atoms with Crippen LogP contribution in [0.1, 0.15) is 34.6 Å². The van der Waals surface area contributed by atoms with Gasteiger partial charge in [0.05, 0.1) is 19.1 Å². The van der Waals surface area contributed by atoms with Crippen LogP contribution in [-0.4, -0.2) is 36.6 Å². The molecule has 0 unspecified atom stereocenters. The molecule has 1 aliphatic rings. The molecule has 1 aliphatic heterocycles. The molecule has 2 amide bonds. The molecule has 0 atom stereocenters. The molecule has 0 spiro atoms. The Morgan fingerprint density at radius 1 is 1.16 bits per heavy atom. The van der Waals surface area contributed by atoms with Crippen molar-refractivity contribution in [2.45, 2.75) is 46.0 Å². The standard InChI is InChI=1S/C12H22N2O5/c1-11(2,3)19-10(16)14-13-9(15)8-6-17-12(4,5)18-7-8/h8H,6-7H2,1-5H3,(H,13,15)(H,14,16).